The van der Waals surface area contributed by atoms with Gasteiger partial charge in [-0.3, -0.25) is 9.59 Å². The lowest BCUT2D eigenvalue weighted by molar-refractivity contribution is -0.141. The number of hydrogen-bond donors (Lipinski definition) is 1. The second kappa shape index (κ2) is 8.79. The number of thiazole rings is 1. The number of hydrogen-bond acceptors (Lipinski definition) is 4. The molecule has 1 unspecified atom stereocenters. The Labute approximate surface area is 154 Å². The van der Waals surface area contributed by atoms with Crippen LogP contribution in [0.25, 0.3) is 0 Å². The Kier molecular flexibility index (Phi) is 6.45. The molecule has 2 fully saturated rings. The number of piperidine rings is 1. The molecule has 2 amide bonds. The number of nitrogens with zero attached hydrogens (tertiary/aromatic N) is 2. The summed E-state index contributed by atoms with van der Waals surface area (Å²) >= 11 is 1.64. The van der Waals surface area contributed by atoms with Crippen molar-refractivity contribution in [3.05, 3.63) is 16.1 Å². The van der Waals surface area contributed by atoms with Crippen molar-refractivity contribution in [2.45, 2.75) is 70.8 Å². The van der Waals surface area contributed by atoms with Gasteiger partial charge >= 0.3 is 0 Å². The predicted octanol–water partition coefficient (Wildman–Crippen LogP) is 3.07. The molecule has 6 heteroatoms. The largest absolute Gasteiger partial charge is 0.355 e. The van der Waals surface area contributed by atoms with Crippen molar-refractivity contribution in [2.24, 2.45) is 5.92 Å². The van der Waals surface area contributed by atoms with Gasteiger partial charge in [-0.15, -0.1) is 11.3 Å². The van der Waals surface area contributed by atoms with Crippen LogP contribution in [-0.2, 0) is 16.0 Å². The summed E-state index contributed by atoms with van der Waals surface area (Å²) in [6.07, 6.45) is 9.21. The van der Waals surface area contributed by atoms with E-state index in [1.165, 1.54) is 30.6 Å². The fourth-order valence-corrected chi connectivity index (χ4v) is 4.80. The van der Waals surface area contributed by atoms with Crippen LogP contribution in [0.2, 0.25) is 0 Å². The molecule has 2 heterocycles. The van der Waals surface area contributed by atoms with E-state index in [1.807, 2.05) is 17.3 Å². The highest BCUT2D eigenvalue weighted by atomic mass is 32.1. The standard InChI is InChI=1S/C19H29N3O2S/c1-14-17(25-13-21-14)10-11-20-19(24)15-8-9-18(23)22(12-15)16-6-4-2-3-5-7-16/h13,15-16H,2-12H2,1H3,(H,20,24). The number of likely N-dealkylation sites (tertiary alicyclic amines) is 1. The fourth-order valence-electron chi connectivity index (χ4n) is 4.02. The zero-order valence-corrected chi connectivity index (χ0v) is 15.9. The Balaban J connectivity index is 1.50. The molecule has 0 bridgehead atoms. The normalized spacial score (nSPS) is 22.7. The maximum Gasteiger partial charge on any atom is 0.224 e. The van der Waals surface area contributed by atoms with Crippen molar-refractivity contribution in [3.8, 4) is 0 Å². The van der Waals surface area contributed by atoms with Gasteiger partial charge in [0.2, 0.25) is 11.8 Å². The monoisotopic (exact) mass is 363 g/mol. The highest BCUT2D eigenvalue weighted by molar-refractivity contribution is 7.09. The molecule has 2 aliphatic rings. The Morgan fingerprint density at radius 2 is 2.04 bits per heavy atom. The van der Waals surface area contributed by atoms with Crippen molar-refractivity contribution >= 4 is 23.2 Å². The molecule has 1 atom stereocenters. The van der Waals surface area contributed by atoms with Crippen LogP contribution in [0, 0.1) is 12.8 Å². The summed E-state index contributed by atoms with van der Waals surface area (Å²) in [5, 5.41) is 3.07. The van der Waals surface area contributed by atoms with Crippen LogP contribution in [0.1, 0.15) is 61.9 Å². The minimum absolute atomic E-state index is 0.0523. The Morgan fingerprint density at radius 3 is 2.72 bits per heavy atom. The van der Waals surface area contributed by atoms with E-state index in [2.05, 4.69) is 10.3 Å². The highest BCUT2D eigenvalue weighted by Gasteiger charge is 2.34. The second-order valence-electron chi connectivity index (χ2n) is 7.33. The first-order valence-corrected chi connectivity index (χ1v) is 10.5. The molecule has 5 nitrogen and oxygen atoms in total. The molecule has 3 rings (SSSR count). The molecule has 25 heavy (non-hydrogen) atoms. The Morgan fingerprint density at radius 1 is 1.28 bits per heavy atom. The number of carbonyl (C=O) groups excluding carboxylic acids is 2. The summed E-state index contributed by atoms with van der Waals surface area (Å²) in [7, 11) is 0. The lowest BCUT2D eigenvalue weighted by Gasteiger charge is -2.37. The van der Waals surface area contributed by atoms with Crippen LogP contribution in [-0.4, -0.2) is 40.8 Å². The molecule has 1 aliphatic heterocycles. The third-order valence-corrected chi connectivity index (χ3v) is 6.57. The third-order valence-electron chi connectivity index (χ3n) is 5.58. The van der Waals surface area contributed by atoms with E-state index >= 15 is 0 Å². The average molecular weight is 364 g/mol. The van der Waals surface area contributed by atoms with Gasteiger partial charge in [-0.2, -0.15) is 0 Å². The smallest absolute Gasteiger partial charge is 0.224 e. The van der Waals surface area contributed by atoms with Crippen LogP contribution in [0.3, 0.4) is 0 Å². The van der Waals surface area contributed by atoms with E-state index in [-0.39, 0.29) is 17.7 Å². The molecule has 138 valence electrons. The quantitative estimate of drug-likeness (QED) is 0.818. The van der Waals surface area contributed by atoms with Crippen LogP contribution in [0.5, 0.6) is 0 Å². The summed E-state index contributed by atoms with van der Waals surface area (Å²) in [6.45, 7) is 3.26. The molecule has 1 N–H and O–H groups in total. The zero-order chi connectivity index (χ0) is 17.6. The second-order valence-corrected chi connectivity index (χ2v) is 8.27. The minimum Gasteiger partial charge on any atom is -0.355 e. The molecular weight excluding hydrogens is 334 g/mol. The van der Waals surface area contributed by atoms with E-state index < -0.39 is 0 Å². The maximum absolute atomic E-state index is 12.6. The number of carbonyl (C=O) groups is 2. The molecule has 1 aromatic rings. The van der Waals surface area contributed by atoms with Gasteiger partial charge in [-0.1, -0.05) is 25.7 Å². The van der Waals surface area contributed by atoms with E-state index in [4.69, 9.17) is 0 Å². The first kappa shape index (κ1) is 18.4. The Bertz CT molecular complexity index is 593. The van der Waals surface area contributed by atoms with Gasteiger partial charge in [0.1, 0.15) is 0 Å². The molecular formula is C19H29N3O2S. The summed E-state index contributed by atoms with van der Waals surface area (Å²) in [6, 6.07) is 0.352. The van der Waals surface area contributed by atoms with Crippen molar-refractivity contribution in [1.29, 1.82) is 0 Å². The number of aromatic nitrogens is 1. The van der Waals surface area contributed by atoms with Crippen LogP contribution in [0.4, 0.5) is 0 Å². The number of amides is 2. The third kappa shape index (κ3) is 4.81. The topological polar surface area (TPSA) is 62.3 Å². The molecule has 0 spiro atoms. The van der Waals surface area contributed by atoms with Crippen LogP contribution < -0.4 is 5.32 Å². The molecule has 1 aromatic heterocycles. The molecule has 0 aromatic carbocycles. The zero-order valence-electron chi connectivity index (χ0n) is 15.1. The average Bonchev–Trinajstić information content (AvgIpc) is 2.86. The van der Waals surface area contributed by atoms with Crippen LogP contribution >= 0.6 is 11.3 Å². The predicted molar refractivity (Wildman–Crippen MR) is 99.5 cm³/mol. The summed E-state index contributed by atoms with van der Waals surface area (Å²) < 4.78 is 0. The molecule has 1 saturated carbocycles. The lowest BCUT2D eigenvalue weighted by Crippen LogP contribution is -2.50. The van der Waals surface area contributed by atoms with Gasteiger partial charge in [-0.05, 0) is 26.2 Å². The van der Waals surface area contributed by atoms with Gasteiger partial charge in [0, 0.05) is 36.9 Å². The lowest BCUT2D eigenvalue weighted by atomic mass is 9.93. The van der Waals surface area contributed by atoms with Crippen molar-refractivity contribution in [2.75, 3.05) is 13.1 Å². The first-order valence-electron chi connectivity index (χ1n) is 9.61. The van der Waals surface area contributed by atoms with Crippen molar-refractivity contribution < 1.29 is 9.59 Å². The van der Waals surface area contributed by atoms with E-state index in [0.29, 0.717) is 32.0 Å². The Hall–Kier alpha value is -1.43. The number of aryl methyl sites for hydroxylation is 1. The molecule has 1 aliphatic carbocycles. The van der Waals surface area contributed by atoms with E-state index in [9.17, 15) is 9.59 Å². The van der Waals surface area contributed by atoms with Gasteiger partial charge in [0.15, 0.2) is 0 Å². The van der Waals surface area contributed by atoms with Crippen molar-refractivity contribution in [1.82, 2.24) is 15.2 Å². The first-order chi connectivity index (χ1) is 12.1. The van der Waals surface area contributed by atoms with Gasteiger partial charge in [0.25, 0.3) is 0 Å². The highest BCUT2D eigenvalue weighted by Crippen LogP contribution is 2.27. The fraction of sp³-hybridized carbons (Fsp3) is 0.737. The molecule has 1 saturated heterocycles. The van der Waals surface area contributed by atoms with Crippen LogP contribution in [0.15, 0.2) is 5.51 Å². The van der Waals surface area contributed by atoms with Gasteiger partial charge < -0.3 is 10.2 Å². The SMILES string of the molecule is Cc1ncsc1CCNC(=O)C1CCC(=O)N(C2CCCCCC2)C1. The van der Waals surface area contributed by atoms with Gasteiger partial charge in [-0.25, -0.2) is 4.98 Å². The maximum atomic E-state index is 12.6. The summed E-state index contributed by atoms with van der Waals surface area (Å²) in [5.41, 5.74) is 2.91. The molecule has 0 radical (unpaired) electrons. The summed E-state index contributed by atoms with van der Waals surface area (Å²) in [4.78, 5) is 32.4. The van der Waals surface area contributed by atoms with Gasteiger partial charge in [0.05, 0.1) is 17.1 Å². The number of nitrogens with one attached hydrogen (secondary N) is 1. The summed E-state index contributed by atoms with van der Waals surface area (Å²) in [5.74, 6) is 0.299. The van der Waals surface area contributed by atoms with E-state index in [0.717, 1.165) is 25.0 Å². The van der Waals surface area contributed by atoms with Crippen molar-refractivity contribution in [3.63, 3.8) is 0 Å². The number of rotatable bonds is 5. The minimum atomic E-state index is -0.0523. The van der Waals surface area contributed by atoms with E-state index in [1.54, 1.807) is 11.3 Å².